The predicted octanol–water partition coefficient (Wildman–Crippen LogP) is 1.05. The first-order chi connectivity index (χ1) is 8.78. The van der Waals surface area contributed by atoms with Crippen LogP contribution in [-0.4, -0.2) is 32.3 Å². The van der Waals surface area contributed by atoms with E-state index >= 15 is 0 Å². The number of nitrogens with one attached hydrogen (secondary N) is 1. The SMILES string of the molecule is CCc1noc(CCN[C@@H](C)Cn2ccnc2)n1. The van der Waals surface area contributed by atoms with Crippen LogP contribution >= 0.6 is 0 Å². The predicted molar refractivity (Wildman–Crippen MR) is 67.1 cm³/mol. The fourth-order valence-electron chi connectivity index (χ4n) is 1.74. The first kappa shape index (κ1) is 12.8. The third-order valence-electron chi connectivity index (χ3n) is 2.70. The Balaban J connectivity index is 1.68. The highest BCUT2D eigenvalue weighted by Crippen LogP contribution is 1.99. The number of nitrogens with zero attached hydrogens (tertiary/aromatic N) is 4. The van der Waals surface area contributed by atoms with E-state index in [9.17, 15) is 0 Å². The van der Waals surface area contributed by atoms with Crippen LogP contribution in [-0.2, 0) is 19.4 Å². The lowest BCUT2D eigenvalue weighted by Gasteiger charge is -2.13. The molecule has 0 fully saturated rings. The van der Waals surface area contributed by atoms with Gasteiger partial charge < -0.3 is 14.4 Å². The van der Waals surface area contributed by atoms with Gasteiger partial charge >= 0.3 is 0 Å². The molecule has 6 nitrogen and oxygen atoms in total. The second kappa shape index (κ2) is 6.30. The van der Waals surface area contributed by atoms with Crippen molar-refractivity contribution in [3.63, 3.8) is 0 Å². The molecular formula is C12H19N5O. The van der Waals surface area contributed by atoms with E-state index in [1.807, 2.05) is 19.4 Å². The Labute approximate surface area is 106 Å². The molecule has 2 heterocycles. The van der Waals surface area contributed by atoms with Crippen LogP contribution < -0.4 is 5.32 Å². The van der Waals surface area contributed by atoms with Gasteiger partial charge in [-0.3, -0.25) is 0 Å². The number of hydrogen-bond donors (Lipinski definition) is 1. The first-order valence-electron chi connectivity index (χ1n) is 6.28. The Bertz CT molecular complexity index is 451. The maximum Gasteiger partial charge on any atom is 0.227 e. The molecule has 1 N–H and O–H groups in total. The summed E-state index contributed by atoms with van der Waals surface area (Å²) in [5.74, 6) is 1.48. The van der Waals surface area contributed by atoms with Gasteiger partial charge in [-0.15, -0.1) is 0 Å². The summed E-state index contributed by atoms with van der Waals surface area (Å²) >= 11 is 0. The quantitative estimate of drug-likeness (QED) is 0.794. The highest BCUT2D eigenvalue weighted by atomic mass is 16.5. The van der Waals surface area contributed by atoms with E-state index in [0.717, 1.165) is 31.8 Å². The van der Waals surface area contributed by atoms with Crippen LogP contribution in [0.1, 0.15) is 25.6 Å². The summed E-state index contributed by atoms with van der Waals surface area (Å²) in [5, 5.41) is 7.29. The highest BCUT2D eigenvalue weighted by Gasteiger charge is 2.06. The standard InChI is InChI=1S/C12H19N5O/c1-3-11-15-12(18-16-11)4-5-14-10(2)8-17-7-6-13-9-17/h6-7,9-10,14H,3-5,8H2,1-2H3/t10-/m0/s1. The number of hydrogen-bond acceptors (Lipinski definition) is 5. The van der Waals surface area contributed by atoms with Crippen LogP contribution in [0.5, 0.6) is 0 Å². The van der Waals surface area contributed by atoms with Crippen molar-refractivity contribution >= 4 is 0 Å². The van der Waals surface area contributed by atoms with E-state index in [1.165, 1.54) is 0 Å². The molecule has 2 rings (SSSR count). The molecule has 0 aliphatic heterocycles. The van der Waals surface area contributed by atoms with Gasteiger partial charge in [0.25, 0.3) is 0 Å². The maximum atomic E-state index is 5.13. The molecule has 1 atom stereocenters. The second-order valence-electron chi connectivity index (χ2n) is 4.32. The first-order valence-corrected chi connectivity index (χ1v) is 6.28. The van der Waals surface area contributed by atoms with E-state index in [0.29, 0.717) is 11.9 Å². The number of rotatable bonds is 7. The lowest BCUT2D eigenvalue weighted by molar-refractivity contribution is 0.366. The molecule has 0 unspecified atom stereocenters. The van der Waals surface area contributed by atoms with E-state index in [1.54, 1.807) is 6.20 Å². The van der Waals surface area contributed by atoms with Crippen molar-refractivity contribution in [2.75, 3.05) is 6.54 Å². The van der Waals surface area contributed by atoms with Crippen LogP contribution in [0, 0.1) is 0 Å². The molecule has 0 radical (unpaired) electrons. The molecule has 0 bridgehead atoms. The van der Waals surface area contributed by atoms with Crippen LogP contribution in [0.15, 0.2) is 23.2 Å². The lowest BCUT2D eigenvalue weighted by atomic mass is 10.3. The molecule has 2 aromatic heterocycles. The average molecular weight is 249 g/mol. The van der Waals surface area contributed by atoms with Gasteiger partial charge in [-0.05, 0) is 6.92 Å². The summed E-state index contributed by atoms with van der Waals surface area (Å²) in [6, 6.07) is 0.382. The molecule has 0 spiro atoms. The zero-order valence-electron chi connectivity index (χ0n) is 10.8. The molecule has 0 aromatic carbocycles. The Morgan fingerprint density at radius 3 is 3.06 bits per heavy atom. The smallest absolute Gasteiger partial charge is 0.227 e. The van der Waals surface area contributed by atoms with Gasteiger partial charge in [0.2, 0.25) is 5.89 Å². The molecule has 0 aliphatic rings. The molecule has 18 heavy (non-hydrogen) atoms. The number of aromatic nitrogens is 4. The highest BCUT2D eigenvalue weighted by molar-refractivity contribution is 4.86. The topological polar surface area (TPSA) is 68.8 Å². The van der Waals surface area contributed by atoms with Crippen molar-refractivity contribution in [2.24, 2.45) is 0 Å². The molecule has 0 aliphatic carbocycles. The minimum Gasteiger partial charge on any atom is -0.339 e. The summed E-state index contributed by atoms with van der Waals surface area (Å²) in [7, 11) is 0. The summed E-state index contributed by atoms with van der Waals surface area (Å²) in [5.41, 5.74) is 0. The Kier molecular flexibility index (Phi) is 4.46. The lowest BCUT2D eigenvalue weighted by Crippen LogP contribution is -2.31. The van der Waals surface area contributed by atoms with Crippen LogP contribution in [0.2, 0.25) is 0 Å². The van der Waals surface area contributed by atoms with Crippen molar-refractivity contribution in [1.29, 1.82) is 0 Å². The van der Waals surface area contributed by atoms with Crippen molar-refractivity contribution in [1.82, 2.24) is 25.0 Å². The summed E-state index contributed by atoms with van der Waals surface area (Å²) in [6.07, 6.45) is 7.15. The van der Waals surface area contributed by atoms with E-state index < -0.39 is 0 Å². The molecular weight excluding hydrogens is 230 g/mol. The summed E-state index contributed by atoms with van der Waals surface area (Å²) in [4.78, 5) is 8.29. The molecule has 2 aromatic rings. The molecule has 0 amide bonds. The van der Waals surface area contributed by atoms with Gasteiger partial charge in [-0.25, -0.2) is 4.98 Å². The third-order valence-corrected chi connectivity index (χ3v) is 2.70. The third kappa shape index (κ3) is 3.66. The molecule has 98 valence electrons. The number of imidazole rings is 1. The summed E-state index contributed by atoms with van der Waals surface area (Å²) < 4.78 is 7.18. The molecule has 0 saturated heterocycles. The van der Waals surface area contributed by atoms with Gasteiger partial charge in [0, 0.05) is 44.4 Å². The number of aryl methyl sites for hydroxylation is 1. The maximum absolute atomic E-state index is 5.13. The normalized spacial score (nSPS) is 12.8. The van der Waals surface area contributed by atoms with Crippen molar-refractivity contribution in [3.8, 4) is 0 Å². The van der Waals surface area contributed by atoms with Crippen molar-refractivity contribution in [2.45, 2.75) is 39.3 Å². The Hall–Kier alpha value is -1.69. The van der Waals surface area contributed by atoms with Crippen LogP contribution in [0.25, 0.3) is 0 Å². The summed E-state index contributed by atoms with van der Waals surface area (Å²) in [6.45, 7) is 5.90. The van der Waals surface area contributed by atoms with Crippen LogP contribution in [0.4, 0.5) is 0 Å². The van der Waals surface area contributed by atoms with Gasteiger partial charge in [-0.2, -0.15) is 4.98 Å². The largest absolute Gasteiger partial charge is 0.339 e. The Morgan fingerprint density at radius 2 is 2.39 bits per heavy atom. The van der Waals surface area contributed by atoms with Crippen LogP contribution in [0.3, 0.4) is 0 Å². The van der Waals surface area contributed by atoms with Gasteiger partial charge in [0.1, 0.15) is 0 Å². The Morgan fingerprint density at radius 1 is 1.50 bits per heavy atom. The molecule has 6 heteroatoms. The van der Waals surface area contributed by atoms with Gasteiger partial charge in [0.05, 0.1) is 6.33 Å². The van der Waals surface area contributed by atoms with Gasteiger partial charge in [0.15, 0.2) is 5.82 Å². The zero-order valence-corrected chi connectivity index (χ0v) is 10.8. The van der Waals surface area contributed by atoms with E-state index in [-0.39, 0.29) is 0 Å². The van der Waals surface area contributed by atoms with Gasteiger partial charge in [-0.1, -0.05) is 12.1 Å². The fraction of sp³-hybridized carbons (Fsp3) is 0.583. The average Bonchev–Trinajstić information content (AvgIpc) is 3.00. The van der Waals surface area contributed by atoms with Crippen molar-refractivity contribution < 1.29 is 4.52 Å². The van der Waals surface area contributed by atoms with E-state index in [4.69, 9.17) is 4.52 Å². The fourth-order valence-corrected chi connectivity index (χ4v) is 1.74. The second-order valence-corrected chi connectivity index (χ2v) is 4.32. The monoisotopic (exact) mass is 249 g/mol. The minimum absolute atomic E-state index is 0.382. The van der Waals surface area contributed by atoms with E-state index in [2.05, 4.69) is 31.9 Å². The zero-order chi connectivity index (χ0) is 12.8. The minimum atomic E-state index is 0.382. The molecule has 0 saturated carbocycles. The van der Waals surface area contributed by atoms with Crippen molar-refractivity contribution in [3.05, 3.63) is 30.4 Å².